The molecule has 0 saturated heterocycles. The zero-order valence-electron chi connectivity index (χ0n) is 13.5. The van der Waals surface area contributed by atoms with E-state index in [9.17, 15) is 4.79 Å². The molecule has 0 bridgehead atoms. The van der Waals surface area contributed by atoms with Gasteiger partial charge in [-0.2, -0.15) is 0 Å². The van der Waals surface area contributed by atoms with Crippen LogP contribution in [-0.2, 0) is 0 Å². The summed E-state index contributed by atoms with van der Waals surface area (Å²) in [6.45, 7) is 1.97. The highest BCUT2D eigenvalue weighted by atomic mass is 16.5. The van der Waals surface area contributed by atoms with E-state index < -0.39 is 0 Å². The highest BCUT2D eigenvalue weighted by molar-refractivity contribution is 5.97. The van der Waals surface area contributed by atoms with Crippen molar-refractivity contribution in [3.05, 3.63) is 96.1 Å². The zero-order chi connectivity index (χ0) is 16.8. The average molecular weight is 317 g/mol. The van der Waals surface area contributed by atoms with Crippen molar-refractivity contribution < 1.29 is 9.53 Å². The van der Waals surface area contributed by atoms with Crippen LogP contribution in [0.1, 0.15) is 28.9 Å². The van der Waals surface area contributed by atoms with Crippen molar-refractivity contribution in [2.75, 3.05) is 0 Å². The second kappa shape index (κ2) is 7.47. The van der Waals surface area contributed by atoms with Crippen molar-refractivity contribution in [2.24, 2.45) is 0 Å². The number of ether oxygens (including phenoxy) is 1. The summed E-state index contributed by atoms with van der Waals surface area (Å²) in [5.74, 6) is 1.09. The van der Waals surface area contributed by atoms with Crippen LogP contribution in [0.3, 0.4) is 0 Å². The van der Waals surface area contributed by atoms with Crippen LogP contribution in [0.5, 0.6) is 11.5 Å². The summed E-state index contributed by atoms with van der Waals surface area (Å²) in [4.78, 5) is 12.6. The Bertz CT molecular complexity index is 800. The van der Waals surface area contributed by atoms with Gasteiger partial charge in [0.15, 0.2) is 0 Å². The maximum absolute atomic E-state index is 12.6. The second-order valence-corrected chi connectivity index (χ2v) is 5.52. The number of carbonyl (C=O) groups excluding carboxylic acids is 1. The molecular formula is C21H19NO2. The Kier molecular flexibility index (Phi) is 4.92. The fraction of sp³-hybridized carbons (Fsp3) is 0.0952. The molecule has 3 aromatic carbocycles. The molecule has 0 aliphatic rings. The average Bonchev–Trinajstić information content (AvgIpc) is 2.63. The van der Waals surface area contributed by atoms with Gasteiger partial charge in [0.2, 0.25) is 0 Å². The van der Waals surface area contributed by atoms with E-state index in [0.717, 1.165) is 5.56 Å². The first-order valence-corrected chi connectivity index (χ1v) is 7.92. The van der Waals surface area contributed by atoms with Crippen molar-refractivity contribution in [3.63, 3.8) is 0 Å². The van der Waals surface area contributed by atoms with Crippen molar-refractivity contribution in [3.8, 4) is 11.5 Å². The molecule has 24 heavy (non-hydrogen) atoms. The topological polar surface area (TPSA) is 38.3 Å². The minimum Gasteiger partial charge on any atom is -0.457 e. The lowest BCUT2D eigenvalue weighted by atomic mass is 10.1. The maximum atomic E-state index is 12.6. The van der Waals surface area contributed by atoms with E-state index in [-0.39, 0.29) is 11.9 Å². The van der Waals surface area contributed by atoms with Gasteiger partial charge < -0.3 is 10.1 Å². The van der Waals surface area contributed by atoms with Crippen molar-refractivity contribution in [1.82, 2.24) is 5.32 Å². The fourth-order valence-corrected chi connectivity index (χ4v) is 2.46. The first-order chi connectivity index (χ1) is 11.7. The summed E-state index contributed by atoms with van der Waals surface area (Å²) in [5.41, 5.74) is 1.58. The van der Waals surface area contributed by atoms with E-state index in [0.29, 0.717) is 17.1 Å². The molecule has 1 N–H and O–H groups in total. The van der Waals surface area contributed by atoms with E-state index in [1.807, 2.05) is 79.7 Å². The lowest BCUT2D eigenvalue weighted by Gasteiger charge is -2.16. The standard InChI is InChI=1S/C21H19NO2/c1-16(17-10-4-2-5-11-17)22-21(23)19-14-8-9-15-20(19)24-18-12-6-3-7-13-18/h2-16H,1H3,(H,22,23)/t16-/m1/s1. The third-order valence-electron chi connectivity index (χ3n) is 3.75. The molecule has 0 aliphatic heterocycles. The Balaban J connectivity index is 1.78. The predicted octanol–water partition coefficient (Wildman–Crippen LogP) is 4.97. The van der Waals surface area contributed by atoms with Crippen LogP contribution in [0.2, 0.25) is 0 Å². The minimum atomic E-state index is -0.155. The molecule has 3 aromatic rings. The summed E-state index contributed by atoms with van der Waals surface area (Å²) in [5, 5.41) is 3.02. The Morgan fingerprint density at radius 3 is 2.12 bits per heavy atom. The molecule has 0 saturated carbocycles. The number of para-hydroxylation sites is 2. The van der Waals surface area contributed by atoms with Gasteiger partial charge in [-0.3, -0.25) is 4.79 Å². The van der Waals surface area contributed by atoms with E-state index >= 15 is 0 Å². The maximum Gasteiger partial charge on any atom is 0.255 e. The zero-order valence-corrected chi connectivity index (χ0v) is 13.5. The van der Waals surface area contributed by atoms with Gasteiger partial charge in [0.05, 0.1) is 11.6 Å². The van der Waals surface area contributed by atoms with Gasteiger partial charge in [0.1, 0.15) is 11.5 Å². The second-order valence-electron chi connectivity index (χ2n) is 5.52. The normalized spacial score (nSPS) is 11.5. The Labute approximate surface area is 141 Å². The molecule has 0 fully saturated rings. The first-order valence-electron chi connectivity index (χ1n) is 7.92. The number of hydrogen-bond donors (Lipinski definition) is 1. The van der Waals surface area contributed by atoms with Gasteiger partial charge >= 0.3 is 0 Å². The number of rotatable bonds is 5. The largest absolute Gasteiger partial charge is 0.457 e. The summed E-state index contributed by atoms with van der Waals surface area (Å²) >= 11 is 0. The number of hydrogen-bond acceptors (Lipinski definition) is 2. The number of benzene rings is 3. The highest BCUT2D eigenvalue weighted by Crippen LogP contribution is 2.25. The molecule has 0 heterocycles. The Hall–Kier alpha value is -3.07. The van der Waals surface area contributed by atoms with E-state index in [4.69, 9.17) is 4.74 Å². The molecule has 0 spiro atoms. The molecule has 1 amide bonds. The van der Waals surface area contributed by atoms with Crippen LogP contribution >= 0.6 is 0 Å². The molecule has 0 unspecified atom stereocenters. The lowest BCUT2D eigenvalue weighted by molar-refractivity contribution is 0.0937. The molecule has 3 heteroatoms. The molecule has 120 valence electrons. The number of nitrogens with one attached hydrogen (secondary N) is 1. The monoisotopic (exact) mass is 317 g/mol. The third-order valence-corrected chi connectivity index (χ3v) is 3.75. The van der Waals surface area contributed by atoms with Crippen molar-refractivity contribution in [2.45, 2.75) is 13.0 Å². The molecule has 0 aromatic heterocycles. The van der Waals surface area contributed by atoms with Crippen LogP contribution in [0.15, 0.2) is 84.9 Å². The van der Waals surface area contributed by atoms with Crippen molar-refractivity contribution in [1.29, 1.82) is 0 Å². The van der Waals surface area contributed by atoms with Crippen LogP contribution in [0.4, 0.5) is 0 Å². The third kappa shape index (κ3) is 3.82. The van der Waals surface area contributed by atoms with Gasteiger partial charge in [-0.1, -0.05) is 60.7 Å². The SMILES string of the molecule is C[C@@H](NC(=O)c1ccccc1Oc1ccccc1)c1ccccc1. The molecule has 1 atom stereocenters. The summed E-state index contributed by atoms with van der Waals surface area (Å²) < 4.78 is 5.86. The van der Waals surface area contributed by atoms with Gasteiger partial charge in [-0.05, 0) is 36.8 Å². The van der Waals surface area contributed by atoms with Crippen LogP contribution in [-0.4, -0.2) is 5.91 Å². The molecular weight excluding hydrogens is 298 g/mol. The Morgan fingerprint density at radius 2 is 1.42 bits per heavy atom. The van der Waals surface area contributed by atoms with Gasteiger partial charge in [-0.15, -0.1) is 0 Å². The van der Waals surface area contributed by atoms with Crippen LogP contribution < -0.4 is 10.1 Å². The van der Waals surface area contributed by atoms with E-state index in [1.54, 1.807) is 12.1 Å². The van der Waals surface area contributed by atoms with Crippen LogP contribution in [0, 0.1) is 0 Å². The van der Waals surface area contributed by atoms with Gasteiger partial charge in [0.25, 0.3) is 5.91 Å². The predicted molar refractivity (Wildman–Crippen MR) is 95.3 cm³/mol. The van der Waals surface area contributed by atoms with E-state index in [1.165, 1.54) is 0 Å². The number of carbonyl (C=O) groups is 1. The summed E-state index contributed by atoms with van der Waals surface area (Å²) in [6.07, 6.45) is 0. The molecule has 0 aliphatic carbocycles. The molecule has 3 rings (SSSR count). The summed E-state index contributed by atoms with van der Waals surface area (Å²) in [6, 6.07) is 26.5. The fourth-order valence-electron chi connectivity index (χ4n) is 2.46. The Morgan fingerprint density at radius 1 is 0.833 bits per heavy atom. The van der Waals surface area contributed by atoms with Crippen molar-refractivity contribution >= 4 is 5.91 Å². The molecule has 0 radical (unpaired) electrons. The van der Waals surface area contributed by atoms with Gasteiger partial charge in [0, 0.05) is 0 Å². The quantitative estimate of drug-likeness (QED) is 0.721. The first kappa shape index (κ1) is 15.8. The number of amides is 1. The molecule has 3 nitrogen and oxygen atoms in total. The lowest BCUT2D eigenvalue weighted by Crippen LogP contribution is -2.26. The minimum absolute atomic E-state index is 0.0801. The van der Waals surface area contributed by atoms with Crippen LogP contribution in [0.25, 0.3) is 0 Å². The highest BCUT2D eigenvalue weighted by Gasteiger charge is 2.15. The smallest absolute Gasteiger partial charge is 0.255 e. The van der Waals surface area contributed by atoms with Gasteiger partial charge in [-0.25, -0.2) is 0 Å². The van der Waals surface area contributed by atoms with E-state index in [2.05, 4.69) is 5.32 Å². The summed E-state index contributed by atoms with van der Waals surface area (Å²) in [7, 11) is 0.